The summed E-state index contributed by atoms with van der Waals surface area (Å²) < 4.78 is 7.45. The smallest absolute Gasteiger partial charge is 0.348 e. The largest absolute Gasteiger partial charge is 0.443 e. The molecular formula is C23H25ClN4O3. The lowest BCUT2D eigenvalue weighted by Gasteiger charge is -2.34. The average Bonchev–Trinajstić information content (AvgIpc) is 3.20. The van der Waals surface area contributed by atoms with E-state index in [1.807, 2.05) is 31.2 Å². The van der Waals surface area contributed by atoms with Crippen molar-refractivity contribution in [2.45, 2.75) is 52.1 Å². The highest BCUT2D eigenvalue weighted by Gasteiger charge is 2.31. The minimum Gasteiger partial charge on any atom is -0.443 e. The van der Waals surface area contributed by atoms with Gasteiger partial charge in [0.15, 0.2) is 0 Å². The van der Waals surface area contributed by atoms with Crippen LogP contribution in [-0.2, 0) is 17.8 Å². The van der Waals surface area contributed by atoms with Crippen molar-refractivity contribution >= 4 is 17.5 Å². The zero-order chi connectivity index (χ0) is 22.0. The molecule has 1 saturated heterocycles. The lowest BCUT2D eigenvalue weighted by molar-refractivity contribution is -0.136. The van der Waals surface area contributed by atoms with Gasteiger partial charge in [0.05, 0.1) is 6.20 Å². The van der Waals surface area contributed by atoms with Crippen molar-refractivity contribution in [2.24, 2.45) is 0 Å². The summed E-state index contributed by atoms with van der Waals surface area (Å²) in [7, 11) is 0. The minimum atomic E-state index is -0.402. The number of rotatable bonds is 5. The Hall–Kier alpha value is -2.93. The number of benzene rings is 1. The Bertz CT molecular complexity index is 1140. The van der Waals surface area contributed by atoms with Crippen LogP contribution in [0.25, 0.3) is 0 Å². The van der Waals surface area contributed by atoms with Crippen LogP contribution in [0, 0.1) is 13.8 Å². The highest BCUT2D eigenvalue weighted by atomic mass is 35.5. The lowest BCUT2D eigenvalue weighted by atomic mass is 10.0. The topological polar surface area (TPSA) is 81.2 Å². The number of halogens is 1. The molecule has 2 aromatic heterocycles. The molecule has 3 heterocycles. The quantitative estimate of drug-likeness (QED) is 0.602. The maximum Gasteiger partial charge on any atom is 0.348 e. The van der Waals surface area contributed by atoms with Gasteiger partial charge >= 0.3 is 5.69 Å². The van der Waals surface area contributed by atoms with Gasteiger partial charge in [-0.2, -0.15) is 4.98 Å². The third-order valence-electron chi connectivity index (χ3n) is 5.61. The molecule has 0 aliphatic carbocycles. The van der Waals surface area contributed by atoms with Crippen LogP contribution >= 0.6 is 11.6 Å². The molecule has 0 saturated carbocycles. The molecule has 1 amide bonds. The molecule has 1 unspecified atom stereocenters. The van der Waals surface area contributed by atoms with E-state index in [4.69, 9.17) is 16.0 Å². The van der Waals surface area contributed by atoms with E-state index >= 15 is 0 Å². The third-order valence-corrected chi connectivity index (χ3v) is 5.86. The first-order valence-electron chi connectivity index (χ1n) is 10.4. The Morgan fingerprint density at radius 3 is 2.74 bits per heavy atom. The standard InChI is InChI=1S/C23H25ClN4O3/c1-15-11-16(2)28(23(30)26-15)14-21(29)27-10-4-3-5-20(27)22-25-13-19(31-22)12-17-6-8-18(24)9-7-17/h6-9,11,13,20H,3-5,10,12,14H2,1-2H3. The predicted octanol–water partition coefficient (Wildman–Crippen LogP) is 3.85. The Morgan fingerprint density at radius 2 is 2.00 bits per heavy atom. The highest BCUT2D eigenvalue weighted by molar-refractivity contribution is 6.30. The van der Waals surface area contributed by atoms with E-state index in [1.165, 1.54) is 4.57 Å². The Morgan fingerprint density at radius 1 is 1.23 bits per heavy atom. The van der Waals surface area contributed by atoms with E-state index < -0.39 is 5.69 Å². The molecular weight excluding hydrogens is 416 g/mol. The van der Waals surface area contributed by atoms with Gasteiger partial charge in [0, 0.05) is 29.4 Å². The fourth-order valence-electron chi connectivity index (χ4n) is 4.04. The van der Waals surface area contributed by atoms with Gasteiger partial charge in [-0.1, -0.05) is 23.7 Å². The molecule has 1 atom stereocenters. The van der Waals surface area contributed by atoms with Gasteiger partial charge in [-0.25, -0.2) is 9.78 Å². The number of hydrogen-bond acceptors (Lipinski definition) is 5. The fraction of sp³-hybridized carbons (Fsp3) is 0.391. The maximum absolute atomic E-state index is 13.1. The molecule has 1 aromatic carbocycles. The van der Waals surface area contributed by atoms with Crippen molar-refractivity contribution in [3.63, 3.8) is 0 Å². The first-order valence-corrected chi connectivity index (χ1v) is 10.8. The number of nitrogens with zero attached hydrogens (tertiary/aromatic N) is 4. The second-order valence-electron chi connectivity index (χ2n) is 7.97. The van der Waals surface area contributed by atoms with E-state index in [-0.39, 0.29) is 18.5 Å². The van der Waals surface area contributed by atoms with Gasteiger partial charge < -0.3 is 9.32 Å². The van der Waals surface area contributed by atoms with Crippen molar-refractivity contribution in [2.75, 3.05) is 6.54 Å². The first kappa shape index (κ1) is 21.3. The fourth-order valence-corrected chi connectivity index (χ4v) is 4.17. The molecule has 7 nitrogen and oxygen atoms in total. The summed E-state index contributed by atoms with van der Waals surface area (Å²) >= 11 is 5.95. The summed E-state index contributed by atoms with van der Waals surface area (Å²) in [5.41, 5.74) is 2.04. The molecule has 31 heavy (non-hydrogen) atoms. The Kier molecular flexibility index (Phi) is 6.23. The molecule has 8 heteroatoms. The molecule has 4 rings (SSSR count). The van der Waals surface area contributed by atoms with E-state index in [0.29, 0.717) is 29.6 Å². The van der Waals surface area contributed by atoms with E-state index in [0.717, 1.165) is 36.3 Å². The number of aromatic nitrogens is 3. The van der Waals surface area contributed by atoms with Crippen molar-refractivity contribution < 1.29 is 9.21 Å². The zero-order valence-corrected chi connectivity index (χ0v) is 18.4. The van der Waals surface area contributed by atoms with E-state index in [2.05, 4.69) is 9.97 Å². The molecule has 162 valence electrons. The maximum atomic E-state index is 13.1. The van der Waals surface area contributed by atoms with Crippen molar-refractivity contribution in [3.8, 4) is 0 Å². The number of likely N-dealkylation sites (tertiary alicyclic amines) is 1. The molecule has 0 bridgehead atoms. The lowest BCUT2D eigenvalue weighted by Crippen LogP contribution is -2.42. The number of amides is 1. The summed E-state index contributed by atoms with van der Waals surface area (Å²) in [5.74, 6) is 1.16. The van der Waals surface area contributed by atoms with Crippen LogP contribution in [0.15, 0.2) is 45.7 Å². The predicted molar refractivity (Wildman–Crippen MR) is 117 cm³/mol. The van der Waals surface area contributed by atoms with Gasteiger partial charge in [-0.3, -0.25) is 9.36 Å². The van der Waals surface area contributed by atoms with Gasteiger partial charge in [-0.15, -0.1) is 0 Å². The molecule has 1 fully saturated rings. The average molecular weight is 441 g/mol. The summed E-state index contributed by atoms with van der Waals surface area (Å²) in [5, 5.41) is 0.691. The summed E-state index contributed by atoms with van der Waals surface area (Å²) in [6, 6.07) is 9.18. The van der Waals surface area contributed by atoms with E-state index in [9.17, 15) is 9.59 Å². The van der Waals surface area contributed by atoms with Crippen LogP contribution in [0.4, 0.5) is 0 Å². The van der Waals surface area contributed by atoms with Gasteiger partial charge in [0.2, 0.25) is 11.8 Å². The molecule has 0 radical (unpaired) electrons. The Balaban J connectivity index is 1.51. The van der Waals surface area contributed by atoms with Crippen LogP contribution in [0.3, 0.4) is 0 Å². The van der Waals surface area contributed by atoms with E-state index in [1.54, 1.807) is 24.1 Å². The zero-order valence-electron chi connectivity index (χ0n) is 17.7. The molecule has 1 aliphatic rings. The number of carbonyl (C=O) groups excluding carboxylic acids is 1. The molecule has 3 aromatic rings. The van der Waals surface area contributed by atoms with Gasteiger partial charge in [0.1, 0.15) is 18.3 Å². The SMILES string of the molecule is Cc1cc(C)n(CC(=O)N2CCCCC2c2ncc(Cc3ccc(Cl)cc3)o2)c(=O)n1. The highest BCUT2D eigenvalue weighted by Crippen LogP contribution is 2.31. The number of carbonyl (C=O) groups is 1. The van der Waals surface area contributed by atoms with Crippen molar-refractivity contribution in [3.05, 3.63) is 80.6 Å². The minimum absolute atomic E-state index is 0.0349. The van der Waals surface area contributed by atoms with Gasteiger partial charge in [-0.05, 0) is 56.9 Å². The van der Waals surface area contributed by atoms with Gasteiger partial charge in [0.25, 0.3) is 0 Å². The normalized spacial score (nSPS) is 16.5. The number of aryl methyl sites for hydroxylation is 2. The third kappa shape index (κ3) is 4.88. The second-order valence-corrected chi connectivity index (χ2v) is 8.41. The molecule has 1 aliphatic heterocycles. The van der Waals surface area contributed by atoms with Crippen LogP contribution < -0.4 is 5.69 Å². The van der Waals surface area contributed by atoms with Crippen LogP contribution in [-0.4, -0.2) is 31.9 Å². The summed E-state index contributed by atoms with van der Waals surface area (Å²) in [4.78, 5) is 35.6. The van der Waals surface area contributed by atoms with Crippen LogP contribution in [0.2, 0.25) is 5.02 Å². The summed E-state index contributed by atoms with van der Waals surface area (Å²) in [6.45, 7) is 4.16. The Labute approximate surface area is 185 Å². The summed E-state index contributed by atoms with van der Waals surface area (Å²) in [6.07, 6.45) is 5.02. The van der Waals surface area contributed by atoms with Crippen molar-refractivity contribution in [1.82, 2.24) is 19.4 Å². The van der Waals surface area contributed by atoms with Crippen LogP contribution in [0.5, 0.6) is 0 Å². The number of hydrogen-bond donors (Lipinski definition) is 0. The number of oxazole rings is 1. The van der Waals surface area contributed by atoms with Crippen LogP contribution in [0.1, 0.15) is 53.9 Å². The monoisotopic (exact) mass is 440 g/mol. The number of piperidine rings is 1. The van der Waals surface area contributed by atoms with Crippen molar-refractivity contribution in [1.29, 1.82) is 0 Å². The molecule has 0 spiro atoms. The second kappa shape index (κ2) is 9.06. The molecule has 0 N–H and O–H groups in total. The first-order chi connectivity index (χ1) is 14.9.